The highest BCUT2D eigenvalue weighted by atomic mass is 32.1. The van der Waals surface area contributed by atoms with Crippen LogP contribution >= 0.6 is 22.7 Å². The van der Waals surface area contributed by atoms with Crippen LogP contribution in [0.25, 0.3) is 20.9 Å². The molecule has 3 amide bonds. The molecule has 2 fully saturated rings. The van der Waals surface area contributed by atoms with Gasteiger partial charge < -0.3 is 25.1 Å². The number of amides is 3. The first kappa shape index (κ1) is 35.5. The number of hydrogen-bond acceptors (Lipinski definition) is 7. The zero-order valence-electron chi connectivity index (χ0n) is 26.9. The third kappa shape index (κ3) is 10.9. The number of rotatable bonds is 4. The Balaban J connectivity index is 0.000000177. The molecule has 0 saturated carbocycles. The molecule has 2 saturated heterocycles. The lowest BCUT2D eigenvalue weighted by Gasteiger charge is -2.20. The molecule has 4 heterocycles. The molecule has 9 nitrogen and oxygen atoms in total. The number of thiophene rings is 2. The number of carbonyl (C=O) groups is 4. The minimum Gasteiger partial charge on any atom is -0.478 e. The van der Waals surface area contributed by atoms with Gasteiger partial charge in [-0.05, 0) is 42.6 Å². The van der Waals surface area contributed by atoms with Gasteiger partial charge in [0.15, 0.2) is 0 Å². The first-order valence-corrected chi connectivity index (χ1v) is 17.5. The molecule has 248 valence electrons. The van der Waals surface area contributed by atoms with E-state index in [1.165, 1.54) is 11.3 Å². The van der Waals surface area contributed by atoms with Gasteiger partial charge in [-0.3, -0.25) is 14.4 Å². The molecule has 2 aliphatic rings. The number of carboxylic acids is 1. The van der Waals surface area contributed by atoms with Crippen molar-refractivity contribution in [3.05, 3.63) is 94.7 Å². The summed E-state index contributed by atoms with van der Waals surface area (Å²) in [5.41, 5.74) is 3.29. The third-order valence-corrected chi connectivity index (χ3v) is 9.78. The van der Waals surface area contributed by atoms with Crippen LogP contribution in [0.3, 0.4) is 0 Å². The van der Waals surface area contributed by atoms with Crippen molar-refractivity contribution < 1.29 is 24.3 Å². The molecule has 2 aliphatic heterocycles. The van der Waals surface area contributed by atoms with Crippen LogP contribution in [0.5, 0.6) is 0 Å². The summed E-state index contributed by atoms with van der Waals surface area (Å²) in [7, 11) is 0. The molecular formula is C36H42N4O5S2. The molecule has 0 radical (unpaired) electrons. The van der Waals surface area contributed by atoms with E-state index in [4.69, 9.17) is 5.11 Å². The van der Waals surface area contributed by atoms with Crippen molar-refractivity contribution in [1.82, 2.24) is 20.0 Å². The van der Waals surface area contributed by atoms with Crippen molar-refractivity contribution in [3.8, 4) is 20.9 Å². The highest BCUT2D eigenvalue weighted by molar-refractivity contribution is 7.14. The number of nitrogens with one attached hydrogen (secondary N) is 1. The SMILES string of the molecule is CC(=O)N1CCCN(C(=O)c2csc(-c3ccccc3)c2)CC1.CC(=O)N1CCCNCC1.O=C(O)c1csc(-c2ccccc2)c1. The summed E-state index contributed by atoms with van der Waals surface area (Å²) in [6.45, 7) is 9.66. The van der Waals surface area contributed by atoms with Crippen molar-refractivity contribution in [2.45, 2.75) is 26.7 Å². The van der Waals surface area contributed by atoms with Gasteiger partial charge in [0, 0.05) is 80.2 Å². The minimum atomic E-state index is -0.872. The van der Waals surface area contributed by atoms with E-state index in [0.717, 1.165) is 72.0 Å². The van der Waals surface area contributed by atoms with E-state index in [1.807, 2.05) is 74.7 Å². The zero-order chi connectivity index (χ0) is 33.6. The van der Waals surface area contributed by atoms with Crippen molar-refractivity contribution in [3.63, 3.8) is 0 Å². The number of carboxylic acid groups (broad SMARTS) is 1. The van der Waals surface area contributed by atoms with E-state index >= 15 is 0 Å². The van der Waals surface area contributed by atoms with Gasteiger partial charge in [-0.2, -0.15) is 0 Å². The van der Waals surface area contributed by atoms with E-state index in [9.17, 15) is 19.2 Å². The average Bonchev–Trinajstić information content (AvgIpc) is 3.62. The summed E-state index contributed by atoms with van der Waals surface area (Å²) in [5, 5.41) is 15.6. The fourth-order valence-corrected chi connectivity index (χ4v) is 6.96. The largest absolute Gasteiger partial charge is 0.478 e. The molecule has 0 spiro atoms. The standard InChI is InChI=1S/C18H20N2O2S.C11H8O2S.C7H14N2O/c1-14(21)19-8-5-9-20(11-10-19)18(22)16-12-17(23-13-16)15-6-3-2-4-7-15;12-11(13)9-6-10(14-7-9)8-4-2-1-3-5-8;1-7(10)9-5-2-3-8-4-6-9/h2-4,6-7,12-13H,5,8-11H2,1H3;1-7H,(H,12,13);8H,2-6H2,1H3. The van der Waals surface area contributed by atoms with Crippen LogP contribution in [-0.4, -0.2) is 95.9 Å². The lowest BCUT2D eigenvalue weighted by Crippen LogP contribution is -2.36. The molecule has 4 aromatic rings. The second-order valence-corrected chi connectivity index (χ2v) is 13.0. The summed E-state index contributed by atoms with van der Waals surface area (Å²) < 4.78 is 0. The smallest absolute Gasteiger partial charge is 0.336 e. The summed E-state index contributed by atoms with van der Waals surface area (Å²) in [4.78, 5) is 53.3. The van der Waals surface area contributed by atoms with Crippen molar-refractivity contribution >= 4 is 46.4 Å². The van der Waals surface area contributed by atoms with E-state index in [2.05, 4.69) is 17.4 Å². The van der Waals surface area contributed by atoms with Crippen LogP contribution in [-0.2, 0) is 9.59 Å². The molecule has 0 bridgehead atoms. The second kappa shape index (κ2) is 18.1. The molecule has 0 unspecified atom stereocenters. The normalized spacial score (nSPS) is 14.8. The number of hydrogen-bond donors (Lipinski definition) is 2. The molecule has 6 rings (SSSR count). The minimum absolute atomic E-state index is 0.0637. The summed E-state index contributed by atoms with van der Waals surface area (Å²) in [5.74, 6) is -0.526. The van der Waals surface area contributed by atoms with Crippen LogP contribution in [0.15, 0.2) is 83.6 Å². The van der Waals surface area contributed by atoms with Crippen LogP contribution in [0.1, 0.15) is 47.4 Å². The summed E-state index contributed by atoms with van der Waals surface area (Å²) >= 11 is 3.04. The van der Waals surface area contributed by atoms with E-state index in [1.54, 1.807) is 36.6 Å². The molecule has 2 aromatic carbocycles. The molecule has 11 heteroatoms. The van der Waals surface area contributed by atoms with E-state index in [-0.39, 0.29) is 17.7 Å². The van der Waals surface area contributed by atoms with Crippen LogP contribution in [0.2, 0.25) is 0 Å². The Kier molecular flexibility index (Phi) is 13.7. The predicted octanol–water partition coefficient (Wildman–Crippen LogP) is 6.05. The maximum absolute atomic E-state index is 12.7. The number of nitrogens with zero attached hydrogens (tertiary/aromatic N) is 3. The van der Waals surface area contributed by atoms with Gasteiger partial charge in [0.25, 0.3) is 5.91 Å². The molecule has 47 heavy (non-hydrogen) atoms. The van der Waals surface area contributed by atoms with Gasteiger partial charge in [-0.1, -0.05) is 60.7 Å². The lowest BCUT2D eigenvalue weighted by atomic mass is 10.1. The van der Waals surface area contributed by atoms with Crippen molar-refractivity contribution in [1.29, 1.82) is 0 Å². The van der Waals surface area contributed by atoms with E-state index < -0.39 is 5.97 Å². The Bertz CT molecular complexity index is 1600. The molecule has 0 atom stereocenters. The van der Waals surface area contributed by atoms with Crippen molar-refractivity contribution in [2.75, 3.05) is 52.4 Å². The Morgan fingerprint density at radius 3 is 1.66 bits per heavy atom. The summed E-state index contributed by atoms with van der Waals surface area (Å²) in [6.07, 6.45) is 1.92. The van der Waals surface area contributed by atoms with Gasteiger partial charge in [-0.25, -0.2) is 4.79 Å². The van der Waals surface area contributed by atoms with Gasteiger partial charge in [-0.15, -0.1) is 22.7 Å². The molecule has 2 N–H and O–H groups in total. The number of carbonyl (C=O) groups excluding carboxylic acids is 3. The van der Waals surface area contributed by atoms with Crippen LogP contribution in [0, 0.1) is 0 Å². The molecule has 2 aromatic heterocycles. The highest BCUT2D eigenvalue weighted by Crippen LogP contribution is 2.28. The van der Waals surface area contributed by atoms with Crippen LogP contribution < -0.4 is 5.32 Å². The molecular weight excluding hydrogens is 633 g/mol. The highest BCUT2D eigenvalue weighted by Gasteiger charge is 2.22. The predicted molar refractivity (Wildman–Crippen MR) is 189 cm³/mol. The van der Waals surface area contributed by atoms with Gasteiger partial charge >= 0.3 is 5.97 Å². The number of benzene rings is 2. The van der Waals surface area contributed by atoms with Gasteiger partial charge in [0.2, 0.25) is 11.8 Å². The Morgan fingerprint density at radius 2 is 1.11 bits per heavy atom. The fraction of sp³-hybridized carbons (Fsp3) is 0.333. The quantitative estimate of drug-likeness (QED) is 0.273. The lowest BCUT2D eigenvalue weighted by molar-refractivity contribution is -0.129. The third-order valence-electron chi connectivity index (χ3n) is 7.82. The first-order chi connectivity index (χ1) is 22.7. The second-order valence-electron chi connectivity index (χ2n) is 11.2. The topological polar surface area (TPSA) is 110 Å². The Labute approximate surface area is 284 Å². The van der Waals surface area contributed by atoms with Crippen molar-refractivity contribution in [2.24, 2.45) is 0 Å². The molecule has 0 aliphatic carbocycles. The maximum atomic E-state index is 12.7. The van der Waals surface area contributed by atoms with Gasteiger partial charge in [0.1, 0.15) is 0 Å². The van der Waals surface area contributed by atoms with E-state index in [0.29, 0.717) is 25.2 Å². The van der Waals surface area contributed by atoms with Gasteiger partial charge in [0.05, 0.1) is 11.1 Å². The Morgan fingerprint density at radius 1 is 0.617 bits per heavy atom. The monoisotopic (exact) mass is 674 g/mol. The fourth-order valence-electron chi connectivity index (χ4n) is 5.18. The van der Waals surface area contributed by atoms with Crippen LogP contribution in [0.4, 0.5) is 0 Å². The average molecular weight is 675 g/mol. The first-order valence-electron chi connectivity index (χ1n) is 15.7. The maximum Gasteiger partial charge on any atom is 0.336 e. The summed E-state index contributed by atoms with van der Waals surface area (Å²) in [6, 6.07) is 23.5. The zero-order valence-corrected chi connectivity index (χ0v) is 28.5. The number of aromatic carboxylic acids is 1. The Hall–Kier alpha value is -4.32.